The highest BCUT2D eigenvalue weighted by Crippen LogP contribution is 2.44. The molecule has 4 heteroatoms. The minimum Gasteiger partial charge on any atom is -0.208 e. The molecule has 7 aromatic carbocycles. The first-order chi connectivity index (χ1) is 26.3. The van der Waals surface area contributed by atoms with E-state index in [-0.39, 0.29) is 29.7 Å². The van der Waals surface area contributed by atoms with Crippen molar-refractivity contribution in [3.8, 4) is 67.5 Å². The summed E-state index contributed by atoms with van der Waals surface area (Å²) in [5, 5.41) is 1.91. The van der Waals surface area contributed by atoms with Gasteiger partial charge < -0.3 is 0 Å². The standard InChI is InChI=1S/C45H29N3S/c1-5-13-30(14-6-1)31-21-23-32(24-22-31)37-27-39(33-15-7-2-8-16-33)42-40(28-37)38-26-25-36(29-41(38)49-42)45-47-43(34-17-9-3-10-18-34)46-44(48-45)35-19-11-4-12-20-35/h1-29H/i2D,7D,8D,15D,16D. The van der Waals surface area contributed by atoms with E-state index in [1.54, 1.807) is 0 Å². The minimum atomic E-state index is -0.416. The van der Waals surface area contributed by atoms with Gasteiger partial charge in [-0.3, -0.25) is 0 Å². The summed E-state index contributed by atoms with van der Waals surface area (Å²) in [5.74, 6) is 1.68. The molecule has 0 aliphatic rings. The third-order valence-electron chi connectivity index (χ3n) is 8.63. The zero-order valence-corrected chi connectivity index (χ0v) is 26.9. The first kappa shape index (κ1) is 24.0. The number of aromatic nitrogens is 3. The van der Waals surface area contributed by atoms with E-state index >= 15 is 0 Å². The van der Waals surface area contributed by atoms with Crippen LogP contribution in [0, 0.1) is 0 Å². The van der Waals surface area contributed by atoms with Crippen LogP contribution in [0.4, 0.5) is 0 Å². The van der Waals surface area contributed by atoms with Crippen LogP contribution in [0.2, 0.25) is 0 Å². The molecule has 3 nitrogen and oxygen atoms in total. The molecule has 0 aliphatic carbocycles. The average Bonchev–Trinajstić information content (AvgIpc) is 3.61. The van der Waals surface area contributed by atoms with Gasteiger partial charge in [-0.1, -0.05) is 158 Å². The second kappa shape index (κ2) is 12.4. The van der Waals surface area contributed by atoms with Crippen LogP contribution in [0.5, 0.6) is 0 Å². The summed E-state index contributed by atoms with van der Waals surface area (Å²) in [7, 11) is 0. The van der Waals surface area contributed by atoms with E-state index in [9.17, 15) is 0 Å². The van der Waals surface area contributed by atoms with Crippen molar-refractivity contribution in [1.82, 2.24) is 15.0 Å². The van der Waals surface area contributed by atoms with Gasteiger partial charge in [0.05, 0.1) is 6.85 Å². The fourth-order valence-corrected chi connectivity index (χ4v) is 7.42. The molecular weight excluding hydrogens is 615 g/mol. The van der Waals surface area contributed by atoms with Gasteiger partial charge in [0.1, 0.15) is 0 Å². The molecule has 0 N–H and O–H groups in total. The van der Waals surface area contributed by atoms with E-state index in [1.165, 1.54) is 11.3 Å². The van der Waals surface area contributed by atoms with E-state index in [0.717, 1.165) is 59.1 Å². The van der Waals surface area contributed by atoms with Crippen LogP contribution < -0.4 is 0 Å². The van der Waals surface area contributed by atoms with Gasteiger partial charge in [0.2, 0.25) is 0 Å². The molecule has 0 fully saturated rings. The summed E-state index contributed by atoms with van der Waals surface area (Å²) >= 11 is 1.52. The first-order valence-electron chi connectivity index (χ1n) is 18.4. The van der Waals surface area contributed by atoms with Crippen LogP contribution in [-0.4, -0.2) is 15.0 Å². The maximum absolute atomic E-state index is 8.92. The molecule has 49 heavy (non-hydrogen) atoms. The van der Waals surface area contributed by atoms with Crippen LogP contribution in [-0.2, 0) is 0 Å². The van der Waals surface area contributed by atoms with Crippen LogP contribution >= 0.6 is 11.3 Å². The molecule has 9 rings (SSSR count). The van der Waals surface area contributed by atoms with Gasteiger partial charge in [0.25, 0.3) is 0 Å². The number of thiophene rings is 1. The summed E-state index contributed by atoms with van der Waals surface area (Å²) in [5.41, 5.74) is 7.38. The second-order valence-corrected chi connectivity index (χ2v) is 12.7. The Morgan fingerprint density at radius 3 is 1.47 bits per heavy atom. The Hall–Kier alpha value is -6.23. The number of rotatable bonds is 6. The molecule has 2 heterocycles. The minimum absolute atomic E-state index is 0.179. The summed E-state index contributed by atoms with van der Waals surface area (Å²) in [4.78, 5) is 14.7. The lowest BCUT2D eigenvalue weighted by molar-refractivity contribution is 1.07. The molecule has 0 aliphatic heterocycles. The monoisotopic (exact) mass is 648 g/mol. The Balaban J connectivity index is 1.25. The Bertz CT molecular complexity index is 2780. The Morgan fingerprint density at radius 2 is 0.878 bits per heavy atom. The molecule has 0 amide bonds. The summed E-state index contributed by atoms with van der Waals surface area (Å²) in [6.45, 7) is 0. The highest BCUT2D eigenvalue weighted by molar-refractivity contribution is 7.26. The largest absolute Gasteiger partial charge is 0.208 e. The topological polar surface area (TPSA) is 38.7 Å². The van der Waals surface area contributed by atoms with Crippen molar-refractivity contribution in [3.63, 3.8) is 0 Å². The van der Waals surface area contributed by atoms with Crippen LogP contribution in [0.25, 0.3) is 87.7 Å². The number of hydrogen-bond donors (Lipinski definition) is 0. The zero-order valence-electron chi connectivity index (χ0n) is 31.1. The third-order valence-corrected chi connectivity index (χ3v) is 9.83. The van der Waals surface area contributed by atoms with E-state index in [2.05, 4.69) is 54.6 Å². The molecule has 2 aromatic heterocycles. The van der Waals surface area contributed by atoms with E-state index < -0.39 is 6.04 Å². The average molecular weight is 649 g/mol. The van der Waals surface area contributed by atoms with Gasteiger partial charge in [-0.15, -0.1) is 11.3 Å². The summed E-state index contributed by atoms with van der Waals surface area (Å²) < 4.78 is 44.8. The number of hydrogen-bond acceptors (Lipinski definition) is 4. The smallest absolute Gasteiger partial charge is 0.164 e. The number of benzene rings is 7. The Labute approximate surface area is 295 Å². The van der Waals surface area contributed by atoms with Crippen molar-refractivity contribution in [2.45, 2.75) is 0 Å². The third kappa shape index (κ3) is 5.58. The van der Waals surface area contributed by atoms with Crippen molar-refractivity contribution in [1.29, 1.82) is 0 Å². The fourth-order valence-electron chi connectivity index (χ4n) is 6.18. The lowest BCUT2D eigenvalue weighted by Gasteiger charge is -2.10. The van der Waals surface area contributed by atoms with Crippen LogP contribution in [0.1, 0.15) is 6.85 Å². The predicted octanol–water partition coefficient (Wildman–Crippen LogP) is 12.2. The van der Waals surface area contributed by atoms with E-state index in [0.29, 0.717) is 23.0 Å². The van der Waals surface area contributed by atoms with Crippen LogP contribution in [0.3, 0.4) is 0 Å². The van der Waals surface area contributed by atoms with Gasteiger partial charge in [-0.2, -0.15) is 0 Å². The molecule has 9 aromatic rings. The van der Waals surface area contributed by atoms with E-state index in [4.69, 9.17) is 21.8 Å². The lowest BCUT2D eigenvalue weighted by Crippen LogP contribution is -1.99. The molecule has 230 valence electrons. The molecule has 0 bridgehead atoms. The fraction of sp³-hybridized carbons (Fsp3) is 0. The maximum atomic E-state index is 8.92. The SMILES string of the molecule is [2H]c1c([2H])c([2H])c(-c2cc(-c3ccc(-c4ccccc4)cc3)cc3c2sc2cc(-c4nc(-c5ccccc5)nc(-c5ccccc5)n4)ccc23)c([2H])c1[2H]. The molecule has 0 saturated carbocycles. The number of fused-ring (bicyclic) bond motifs is 3. The Kier molecular flexibility index (Phi) is 6.08. The van der Waals surface area contributed by atoms with Crippen molar-refractivity contribution < 1.29 is 6.85 Å². The Morgan fingerprint density at radius 1 is 0.388 bits per heavy atom. The molecule has 0 spiro atoms. The second-order valence-electron chi connectivity index (χ2n) is 11.7. The van der Waals surface area contributed by atoms with E-state index in [1.807, 2.05) is 91.0 Å². The number of nitrogens with zero attached hydrogens (tertiary/aromatic N) is 3. The zero-order chi connectivity index (χ0) is 36.9. The van der Waals surface area contributed by atoms with Gasteiger partial charge in [0, 0.05) is 42.4 Å². The van der Waals surface area contributed by atoms with Gasteiger partial charge >= 0.3 is 0 Å². The quantitative estimate of drug-likeness (QED) is 0.180. The van der Waals surface area contributed by atoms with Crippen LogP contribution in [0.15, 0.2) is 176 Å². The molecule has 0 atom stereocenters. The summed E-state index contributed by atoms with van der Waals surface area (Å²) in [6.07, 6.45) is 0. The normalized spacial score (nSPS) is 12.7. The first-order valence-corrected chi connectivity index (χ1v) is 16.8. The predicted molar refractivity (Wildman–Crippen MR) is 205 cm³/mol. The molecule has 0 radical (unpaired) electrons. The molecular formula is C45H29N3S. The van der Waals surface area contributed by atoms with Gasteiger partial charge in [-0.25, -0.2) is 15.0 Å². The highest BCUT2D eigenvalue weighted by Gasteiger charge is 2.17. The summed E-state index contributed by atoms with van der Waals surface area (Å²) in [6, 6.07) is 46.8. The van der Waals surface area contributed by atoms with Crippen molar-refractivity contribution >= 4 is 31.5 Å². The van der Waals surface area contributed by atoms with Crippen molar-refractivity contribution in [2.75, 3.05) is 0 Å². The van der Waals surface area contributed by atoms with Crippen molar-refractivity contribution in [3.05, 3.63) is 176 Å². The maximum Gasteiger partial charge on any atom is 0.164 e. The van der Waals surface area contributed by atoms with Crippen molar-refractivity contribution in [2.24, 2.45) is 0 Å². The highest BCUT2D eigenvalue weighted by atomic mass is 32.1. The lowest BCUT2D eigenvalue weighted by atomic mass is 9.94. The molecule has 0 unspecified atom stereocenters. The van der Waals surface area contributed by atoms with Gasteiger partial charge in [0.15, 0.2) is 17.5 Å². The molecule has 0 saturated heterocycles. The van der Waals surface area contributed by atoms with Gasteiger partial charge in [-0.05, 0) is 46.0 Å².